The van der Waals surface area contributed by atoms with Gasteiger partial charge in [-0.3, -0.25) is 4.99 Å². The van der Waals surface area contributed by atoms with Gasteiger partial charge in [-0.2, -0.15) is 0 Å². The van der Waals surface area contributed by atoms with Crippen LogP contribution in [0.3, 0.4) is 0 Å². The number of dihydropyridines is 1. The van der Waals surface area contributed by atoms with Crippen LogP contribution >= 0.6 is 12.4 Å². The predicted molar refractivity (Wildman–Crippen MR) is 108 cm³/mol. The van der Waals surface area contributed by atoms with E-state index in [4.69, 9.17) is 10.2 Å². The summed E-state index contributed by atoms with van der Waals surface area (Å²) >= 11 is 0. The van der Waals surface area contributed by atoms with Crippen LogP contribution in [0, 0.1) is 18.3 Å². The van der Waals surface area contributed by atoms with Gasteiger partial charge in [0, 0.05) is 18.1 Å². The topological polar surface area (TPSA) is 72.3 Å². The summed E-state index contributed by atoms with van der Waals surface area (Å²) in [4.78, 5) is 4.26. The van der Waals surface area contributed by atoms with Gasteiger partial charge in [0.1, 0.15) is 11.8 Å². The van der Waals surface area contributed by atoms with Crippen LogP contribution in [0.5, 0.6) is 0 Å². The normalized spacial score (nSPS) is 31.9. The number of aliphatic imine (C=N–C) groups is 1. The van der Waals surface area contributed by atoms with Crippen molar-refractivity contribution >= 4 is 44.3 Å². The van der Waals surface area contributed by atoms with E-state index in [1.807, 2.05) is 30.4 Å². The third kappa shape index (κ3) is 6.72. The smallest absolute Gasteiger partial charge is 0.653 e. The molecular weight excluding hydrogens is 556 g/mol. The Kier molecular flexibility index (Phi) is 12.7. The van der Waals surface area contributed by atoms with Gasteiger partial charge in [0.05, 0.1) is 19.0 Å². The van der Waals surface area contributed by atoms with Gasteiger partial charge < -0.3 is 15.5 Å². The van der Waals surface area contributed by atoms with Crippen molar-refractivity contribution in [3.63, 3.8) is 0 Å². The summed E-state index contributed by atoms with van der Waals surface area (Å²) in [5, 5.41) is 20.0. The quantitative estimate of drug-likeness (QED) is 0.305. The maximum atomic E-state index is 7.80. The van der Waals surface area contributed by atoms with Crippen molar-refractivity contribution in [2.24, 2.45) is 10.9 Å². The first-order valence-electron chi connectivity index (χ1n) is 8.44. The van der Waals surface area contributed by atoms with Gasteiger partial charge in [-0.15, -0.1) is 19.0 Å². The number of nitrogens with zero attached hydrogens (tertiary/aromatic N) is 2. The first kappa shape index (κ1) is 25.2. The Hall–Kier alpha value is 0.233. The molecule has 0 aromatic heterocycles. The number of halogens is 2. The molecule has 4 unspecified atom stereocenters. The third-order valence-corrected chi connectivity index (χ3v) is 4.89. The second-order valence-corrected chi connectivity index (χ2v) is 6.45. The molecule has 2 aliphatic heterocycles. The molecule has 4 aliphatic rings. The van der Waals surface area contributed by atoms with Crippen LogP contribution in [0.2, 0.25) is 0 Å². The molecule has 0 aromatic carbocycles. The van der Waals surface area contributed by atoms with Crippen molar-refractivity contribution in [2.75, 3.05) is 13.1 Å². The molecule has 25 heavy (non-hydrogen) atoms. The van der Waals surface area contributed by atoms with Gasteiger partial charge in [-0.25, -0.2) is 0 Å². The van der Waals surface area contributed by atoms with Crippen LogP contribution in [0.1, 0.15) is 32.1 Å². The molecule has 4 nitrogen and oxygen atoms in total. The Bertz CT molecular complexity index is 521. The minimum atomic E-state index is -0.250. The molecular formula is C18H30BiCl2N2O2+5. The molecule has 138 valence electrons. The largest absolute Gasteiger partial charge is 3.00 e. The number of allylic oxidation sites excluding steroid dienone is 3. The van der Waals surface area contributed by atoms with Crippen LogP contribution in [-0.4, -0.2) is 73.5 Å². The zero-order valence-electron chi connectivity index (χ0n) is 14.3. The summed E-state index contributed by atoms with van der Waals surface area (Å²) in [5.41, 5.74) is 2.01. The molecule has 4 atom stereocenters. The fraction of sp³-hybridized carbons (Fsp3) is 0.611. The summed E-state index contributed by atoms with van der Waals surface area (Å²) in [6, 6.07) is 0.414. The Morgan fingerprint density at radius 3 is 2.60 bits per heavy atom. The van der Waals surface area contributed by atoms with Crippen molar-refractivity contribution in [2.45, 2.75) is 50.4 Å². The van der Waals surface area contributed by atoms with Gasteiger partial charge in [-0.05, 0) is 6.42 Å². The zero-order chi connectivity index (χ0) is 15.4. The van der Waals surface area contributed by atoms with Gasteiger partial charge in [0.25, 0.3) is 0 Å². The van der Waals surface area contributed by atoms with Crippen LogP contribution in [0.4, 0.5) is 0 Å². The number of rotatable bonds is 0. The van der Waals surface area contributed by atoms with E-state index < -0.39 is 0 Å². The molecule has 2 heterocycles. The maximum Gasteiger partial charge on any atom is 3.00 e. The van der Waals surface area contributed by atoms with Crippen LogP contribution in [0.15, 0.2) is 40.9 Å². The van der Waals surface area contributed by atoms with Crippen molar-refractivity contribution in [3.05, 3.63) is 41.3 Å². The minimum absolute atomic E-state index is 0. The van der Waals surface area contributed by atoms with Gasteiger partial charge in [0.2, 0.25) is 6.10 Å². The molecule has 0 bridgehead atoms. The molecule has 2 aliphatic carbocycles. The number of hydrogen-bond donors (Lipinski definition) is 0. The van der Waals surface area contributed by atoms with Crippen LogP contribution in [0.25, 0.3) is 5.32 Å². The Labute approximate surface area is 181 Å². The van der Waals surface area contributed by atoms with Crippen molar-refractivity contribution in [1.29, 1.82) is 0 Å². The van der Waals surface area contributed by atoms with Crippen LogP contribution < -0.4 is 0 Å². The first-order chi connectivity index (χ1) is 10.8. The van der Waals surface area contributed by atoms with E-state index in [1.165, 1.54) is 25.7 Å². The van der Waals surface area contributed by atoms with Gasteiger partial charge >= 0.3 is 26.2 Å². The monoisotopic (exact) mass is 585 g/mol. The molecule has 2 radical (unpaired) electrons. The maximum absolute atomic E-state index is 7.80. The summed E-state index contributed by atoms with van der Waals surface area (Å²) in [6.07, 6.45) is 16.0. The molecule has 7 heteroatoms. The van der Waals surface area contributed by atoms with E-state index in [1.54, 1.807) is 0 Å². The second-order valence-electron chi connectivity index (χ2n) is 6.45. The van der Waals surface area contributed by atoms with Crippen LogP contribution in [-0.2, 0) is 0 Å². The predicted octanol–water partition coefficient (Wildman–Crippen LogP) is 1.51. The SMILES string of the molecule is Cl.[Bi+3].[ClH2+].[OH2+]C1C=CC=C2C=CCN=C21.[OH2+]C1CCCC2CCC[N-]C12. The summed E-state index contributed by atoms with van der Waals surface area (Å²) in [6.45, 7) is 1.76. The standard InChI is InChI=1S/C9H16NO.C9H9NO.Bi.ClH2.ClH/c2*11-8-5-1-3-7-4-2-6-10-9(7)8;;;/h7-9,11H,1-6H2;1-5,8,11H,6H2;;1H2;1H/q-1;;+3;+1;/p+2. The fourth-order valence-corrected chi connectivity index (χ4v) is 3.74. The number of hydrogen-bond acceptors (Lipinski definition) is 1. The van der Waals surface area contributed by atoms with E-state index in [9.17, 15) is 0 Å². The molecule has 0 aromatic rings. The van der Waals surface area contributed by atoms with E-state index >= 15 is 0 Å². The number of piperidine rings is 1. The summed E-state index contributed by atoms with van der Waals surface area (Å²) < 4.78 is 0. The minimum Gasteiger partial charge on any atom is -0.653 e. The van der Waals surface area contributed by atoms with Crippen molar-refractivity contribution in [1.82, 2.24) is 0 Å². The van der Waals surface area contributed by atoms with E-state index in [2.05, 4.69) is 10.3 Å². The first-order valence-corrected chi connectivity index (χ1v) is 8.44. The molecule has 1 saturated carbocycles. The molecule has 0 spiro atoms. The third-order valence-electron chi connectivity index (χ3n) is 4.89. The second kappa shape index (κ2) is 12.6. The molecule has 2 fully saturated rings. The zero-order valence-corrected chi connectivity index (χ0v) is 19.5. The van der Waals surface area contributed by atoms with E-state index in [-0.39, 0.29) is 63.2 Å². The van der Waals surface area contributed by atoms with Crippen molar-refractivity contribution < 1.29 is 22.6 Å². The fourth-order valence-electron chi connectivity index (χ4n) is 3.74. The molecule has 4 N–H and O–H groups in total. The van der Waals surface area contributed by atoms with Gasteiger partial charge in [-0.1, -0.05) is 55.5 Å². The molecule has 4 rings (SSSR count). The molecule has 1 saturated heterocycles. The average Bonchev–Trinajstić information content (AvgIpc) is 2.57. The number of fused-ring (bicyclic) bond motifs is 2. The summed E-state index contributed by atoms with van der Waals surface area (Å²) in [5.74, 6) is 0.778. The average molecular weight is 586 g/mol. The Morgan fingerprint density at radius 1 is 1.12 bits per heavy atom. The molecule has 0 amide bonds. The summed E-state index contributed by atoms with van der Waals surface area (Å²) in [7, 11) is 0. The Balaban J connectivity index is 0.000000411. The van der Waals surface area contributed by atoms with Gasteiger partial charge in [0.15, 0.2) is 0 Å². The van der Waals surface area contributed by atoms with E-state index in [0.29, 0.717) is 6.04 Å². The Morgan fingerprint density at radius 2 is 1.88 bits per heavy atom. The van der Waals surface area contributed by atoms with E-state index in [0.717, 1.165) is 36.7 Å². The van der Waals surface area contributed by atoms with Crippen molar-refractivity contribution in [3.8, 4) is 0 Å².